The third-order valence-electron chi connectivity index (χ3n) is 2.00. The summed E-state index contributed by atoms with van der Waals surface area (Å²) >= 11 is 11.4. The minimum Gasteiger partial charge on any atom is -0.276 e. The molecule has 0 spiro atoms. The zero-order valence-electron chi connectivity index (χ0n) is 8.40. The summed E-state index contributed by atoms with van der Waals surface area (Å²) in [6.07, 6.45) is 0. The maximum Gasteiger partial charge on any atom is 0.252 e. The van der Waals surface area contributed by atoms with Gasteiger partial charge in [0.15, 0.2) is 0 Å². The van der Waals surface area contributed by atoms with E-state index in [1.165, 1.54) is 0 Å². The quantitative estimate of drug-likeness (QED) is 0.667. The fourth-order valence-corrected chi connectivity index (χ4v) is 1.83. The van der Waals surface area contributed by atoms with Gasteiger partial charge in [-0.25, -0.2) is 0 Å². The minimum atomic E-state index is -0.479. The number of rotatable bonds is 1. The summed E-state index contributed by atoms with van der Waals surface area (Å²) in [6, 6.07) is 5.15. The molecule has 0 amide bonds. The normalized spacial score (nSPS) is 11.5. The van der Waals surface area contributed by atoms with Gasteiger partial charge in [-0.05, 0) is 34.7 Å². The van der Waals surface area contributed by atoms with E-state index in [4.69, 9.17) is 23.2 Å². The highest BCUT2D eigenvalue weighted by Crippen LogP contribution is 2.30. The van der Waals surface area contributed by atoms with Crippen LogP contribution in [0.5, 0.6) is 0 Å². The van der Waals surface area contributed by atoms with Crippen LogP contribution in [0, 0.1) is 0 Å². The molecule has 1 nitrogen and oxygen atoms in total. The first kappa shape index (κ1) is 11.5. The average Bonchev–Trinajstić information content (AvgIpc) is 2.01. The Morgan fingerprint density at radius 2 is 1.86 bits per heavy atom. The maximum absolute atomic E-state index is 10.9. The Morgan fingerprint density at radius 1 is 1.29 bits per heavy atom. The van der Waals surface area contributed by atoms with E-state index in [2.05, 4.69) is 20.8 Å². The summed E-state index contributed by atoms with van der Waals surface area (Å²) in [7, 11) is 0. The van der Waals surface area contributed by atoms with E-state index < -0.39 is 5.24 Å². The first-order chi connectivity index (χ1) is 6.32. The van der Waals surface area contributed by atoms with Gasteiger partial charge in [-0.3, -0.25) is 4.79 Å². The smallest absolute Gasteiger partial charge is 0.252 e. The van der Waals surface area contributed by atoms with Crippen molar-refractivity contribution in [3.05, 3.63) is 34.3 Å². The van der Waals surface area contributed by atoms with Crippen LogP contribution in [0.2, 0.25) is 5.02 Å². The highest BCUT2D eigenvalue weighted by atomic mass is 35.5. The number of carbonyl (C=O) groups excluding carboxylic acids is 1. The Bertz CT molecular complexity index is 364. The SMILES string of the molecule is CC(C)(C)c1ccc(C(=O)Cl)cc1Cl. The van der Waals surface area contributed by atoms with Crippen LogP contribution in [0.4, 0.5) is 0 Å². The third kappa shape index (κ3) is 2.49. The second-order valence-electron chi connectivity index (χ2n) is 4.22. The molecule has 76 valence electrons. The van der Waals surface area contributed by atoms with Crippen LogP contribution in [0.25, 0.3) is 0 Å². The van der Waals surface area contributed by atoms with Gasteiger partial charge in [-0.1, -0.05) is 38.4 Å². The van der Waals surface area contributed by atoms with E-state index in [0.717, 1.165) is 5.56 Å². The van der Waals surface area contributed by atoms with Crippen molar-refractivity contribution in [1.82, 2.24) is 0 Å². The largest absolute Gasteiger partial charge is 0.276 e. The molecule has 0 N–H and O–H groups in total. The predicted molar refractivity (Wildman–Crippen MR) is 60.3 cm³/mol. The lowest BCUT2D eigenvalue weighted by molar-refractivity contribution is 0.108. The summed E-state index contributed by atoms with van der Waals surface area (Å²) in [5.74, 6) is 0. The van der Waals surface area contributed by atoms with E-state index in [-0.39, 0.29) is 5.41 Å². The summed E-state index contributed by atoms with van der Waals surface area (Å²) in [4.78, 5) is 10.9. The molecule has 0 fully saturated rings. The van der Waals surface area contributed by atoms with Gasteiger partial charge in [0.2, 0.25) is 0 Å². The predicted octanol–water partition coefficient (Wildman–Crippen LogP) is 4.02. The zero-order valence-corrected chi connectivity index (χ0v) is 9.91. The van der Waals surface area contributed by atoms with Crippen molar-refractivity contribution in [2.75, 3.05) is 0 Å². The summed E-state index contributed by atoms with van der Waals surface area (Å²) in [5, 5.41) is 0.108. The molecule has 0 aliphatic carbocycles. The van der Waals surface area contributed by atoms with Crippen molar-refractivity contribution in [2.24, 2.45) is 0 Å². The van der Waals surface area contributed by atoms with Crippen LogP contribution >= 0.6 is 23.2 Å². The van der Waals surface area contributed by atoms with Crippen molar-refractivity contribution in [2.45, 2.75) is 26.2 Å². The van der Waals surface area contributed by atoms with E-state index >= 15 is 0 Å². The molecular weight excluding hydrogens is 219 g/mol. The summed E-state index contributed by atoms with van der Waals surface area (Å²) < 4.78 is 0. The first-order valence-electron chi connectivity index (χ1n) is 4.32. The Kier molecular flexibility index (Phi) is 3.23. The number of hydrogen-bond donors (Lipinski definition) is 0. The molecule has 0 aromatic heterocycles. The molecule has 0 atom stereocenters. The van der Waals surface area contributed by atoms with Gasteiger partial charge in [-0.2, -0.15) is 0 Å². The minimum absolute atomic E-state index is 0.0228. The van der Waals surface area contributed by atoms with Crippen molar-refractivity contribution in [1.29, 1.82) is 0 Å². The van der Waals surface area contributed by atoms with E-state index in [1.54, 1.807) is 12.1 Å². The van der Waals surface area contributed by atoms with Gasteiger partial charge in [0.25, 0.3) is 5.24 Å². The molecule has 0 heterocycles. The lowest BCUT2D eigenvalue weighted by atomic mass is 9.86. The number of carbonyl (C=O) groups is 1. The first-order valence-corrected chi connectivity index (χ1v) is 5.08. The molecule has 3 heteroatoms. The Morgan fingerprint density at radius 3 is 2.21 bits per heavy atom. The van der Waals surface area contributed by atoms with Gasteiger partial charge in [-0.15, -0.1) is 0 Å². The number of benzene rings is 1. The van der Waals surface area contributed by atoms with Crippen LogP contribution in [-0.2, 0) is 5.41 Å². The van der Waals surface area contributed by atoms with Crippen molar-refractivity contribution >= 4 is 28.4 Å². The molecule has 0 saturated carbocycles. The maximum atomic E-state index is 10.9. The van der Waals surface area contributed by atoms with Crippen molar-refractivity contribution < 1.29 is 4.79 Å². The summed E-state index contributed by atoms with van der Waals surface area (Å²) in [6.45, 7) is 6.20. The molecular formula is C11H12Cl2O. The summed E-state index contributed by atoms with van der Waals surface area (Å²) in [5.41, 5.74) is 1.43. The third-order valence-corrected chi connectivity index (χ3v) is 2.53. The zero-order chi connectivity index (χ0) is 10.9. The highest BCUT2D eigenvalue weighted by molar-refractivity contribution is 6.67. The van der Waals surface area contributed by atoms with Gasteiger partial charge < -0.3 is 0 Å². The van der Waals surface area contributed by atoms with Crippen LogP contribution in [0.15, 0.2) is 18.2 Å². The van der Waals surface area contributed by atoms with Crippen molar-refractivity contribution in [3.63, 3.8) is 0 Å². The molecule has 1 aromatic rings. The Hall–Kier alpha value is -0.530. The molecule has 14 heavy (non-hydrogen) atoms. The van der Waals surface area contributed by atoms with Gasteiger partial charge >= 0.3 is 0 Å². The second-order valence-corrected chi connectivity index (χ2v) is 4.97. The van der Waals surface area contributed by atoms with Crippen LogP contribution in [-0.4, -0.2) is 5.24 Å². The Balaban J connectivity index is 3.21. The van der Waals surface area contributed by atoms with Crippen LogP contribution < -0.4 is 0 Å². The lowest BCUT2D eigenvalue weighted by Crippen LogP contribution is -2.12. The molecule has 0 aliphatic heterocycles. The van der Waals surface area contributed by atoms with E-state index in [0.29, 0.717) is 10.6 Å². The topological polar surface area (TPSA) is 17.1 Å². The number of hydrogen-bond acceptors (Lipinski definition) is 1. The molecule has 0 unspecified atom stereocenters. The molecule has 0 saturated heterocycles. The molecule has 0 radical (unpaired) electrons. The fraction of sp³-hybridized carbons (Fsp3) is 0.364. The van der Waals surface area contributed by atoms with Crippen LogP contribution in [0.1, 0.15) is 36.7 Å². The Labute approximate surface area is 94.0 Å². The van der Waals surface area contributed by atoms with Gasteiger partial charge in [0.05, 0.1) is 0 Å². The monoisotopic (exact) mass is 230 g/mol. The van der Waals surface area contributed by atoms with E-state index in [1.807, 2.05) is 6.07 Å². The standard InChI is InChI=1S/C11H12Cl2O/c1-11(2,3)8-5-4-7(10(13)14)6-9(8)12/h4-6H,1-3H3. The molecule has 0 bridgehead atoms. The average molecular weight is 231 g/mol. The van der Waals surface area contributed by atoms with E-state index in [9.17, 15) is 4.79 Å². The number of halogens is 2. The molecule has 1 rings (SSSR count). The molecule has 1 aromatic carbocycles. The van der Waals surface area contributed by atoms with Gasteiger partial charge in [0.1, 0.15) is 0 Å². The van der Waals surface area contributed by atoms with Crippen LogP contribution in [0.3, 0.4) is 0 Å². The highest BCUT2D eigenvalue weighted by Gasteiger charge is 2.17. The fourth-order valence-electron chi connectivity index (χ4n) is 1.25. The second kappa shape index (κ2) is 3.92. The van der Waals surface area contributed by atoms with Crippen molar-refractivity contribution in [3.8, 4) is 0 Å². The lowest BCUT2D eigenvalue weighted by Gasteiger charge is -2.20. The molecule has 0 aliphatic rings. The van der Waals surface area contributed by atoms with Gasteiger partial charge in [0, 0.05) is 10.6 Å².